The van der Waals surface area contributed by atoms with E-state index in [1.54, 1.807) is 13.0 Å². The third-order valence-corrected chi connectivity index (χ3v) is 5.03. The molecule has 1 N–H and O–H groups in total. The molecule has 2 rings (SSSR count). The molecule has 24 heavy (non-hydrogen) atoms. The Labute approximate surface area is 142 Å². The van der Waals surface area contributed by atoms with Gasteiger partial charge in [0.25, 0.3) is 0 Å². The van der Waals surface area contributed by atoms with Gasteiger partial charge in [0.05, 0.1) is 19.5 Å². The van der Waals surface area contributed by atoms with Gasteiger partial charge in [0.2, 0.25) is 15.9 Å². The first-order valence-electron chi connectivity index (χ1n) is 7.83. The van der Waals surface area contributed by atoms with E-state index in [-0.39, 0.29) is 18.9 Å². The number of aryl methyl sites for hydroxylation is 1. The van der Waals surface area contributed by atoms with Crippen LogP contribution >= 0.6 is 0 Å². The van der Waals surface area contributed by atoms with E-state index in [1.165, 1.54) is 4.31 Å². The summed E-state index contributed by atoms with van der Waals surface area (Å²) < 4.78 is 35.3. The fourth-order valence-electron chi connectivity index (χ4n) is 2.38. The lowest BCUT2D eigenvalue weighted by Crippen LogP contribution is -2.43. The Morgan fingerprint density at radius 3 is 2.67 bits per heavy atom. The van der Waals surface area contributed by atoms with Crippen molar-refractivity contribution >= 4 is 21.7 Å². The number of sulfonamides is 1. The van der Waals surface area contributed by atoms with Gasteiger partial charge < -0.3 is 14.6 Å². The van der Waals surface area contributed by atoms with E-state index in [2.05, 4.69) is 15.4 Å². The molecule has 1 fully saturated rings. The van der Waals surface area contributed by atoms with Crippen LogP contribution in [0.1, 0.15) is 12.2 Å². The number of nitrogens with one attached hydrogen (secondary N) is 1. The largest absolute Gasteiger partial charge is 0.379 e. The second kappa shape index (κ2) is 8.56. The van der Waals surface area contributed by atoms with Gasteiger partial charge >= 0.3 is 0 Å². The van der Waals surface area contributed by atoms with Gasteiger partial charge in [-0.05, 0) is 6.92 Å². The number of rotatable bonds is 8. The minimum Gasteiger partial charge on any atom is -0.379 e. The van der Waals surface area contributed by atoms with Crippen LogP contribution in [-0.2, 0) is 19.6 Å². The Hall–Kier alpha value is -1.49. The lowest BCUT2D eigenvalue weighted by atomic mass is 10.3. The van der Waals surface area contributed by atoms with Crippen LogP contribution in [0, 0.1) is 6.92 Å². The minimum atomic E-state index is -3.37. The number of carbonyl (C=O) groups excluding carboxylic acids is 1. The van der Waals surface area contributed by atoms with Crippen molar-refractivity contribution in [2.45, 2.75) is 13.3 Å². The highest BCUT2D eigenvalue weighted by atomic mass is 32.2. The number of hydrogen-bond donors (Lipinski definition) is 1. The fraction of sp³-hybridized carbons (Fsp3) is 0.714. The van der Waals surface area contributed by atoms with Gasteiger partial charge in [0.1, 0.15) is 5.76 Å². The fourth-order valence-corrected chi connectivity index (χ4v) is 3.21. The van der Waals surface area contributed by atoms with Crippen LogP contribution in [0.5, 0.6) is 0 Å². The van der Waals surface area contributed by atoms with Gasteiger partial charge in [-0.15, -0.1) is 0 Å². The maximum atomic E-state index is 11.9. The maximum Gasteiger partial charge on any atom is 0.226 e. The quantitative estimate of drug-likeness (QED) is 0.690. The molecule has 1 aliphatic rings. The van der Waals surface area contributed by atoms with E-state index in [9.17, 15) is 13.2 Å². The summed E-state index contributed by atoms with van der Waals surface area (Å²) in [5.74, 6) is 0.619. The summed E-state index contributed by atoms with van der Waals surface area (Å²) in [6.07, 6.45) is 1.22. The standard InChI is InChI=1S/C14H24N4O5S/c1-12-11-13(16-23-12)15-14(19)3-4-18(24(2,20)21)6-5-17-7-9-22-10-8-17/h11H,3-10H2,1-2H3,(H,15,16,19). The Balaban J connectivity index is 1.81. The van der Waals surface area contributed by atoms with Crippen molar-refractivity contribution in [1.29, 1.82) is 0 Å². The molecule has 0 saturated carbocycles. The Morgan fingerprint density at radius 2 is 2.08 bits per heavy atom. The van der Waals surface area contributed by atoms with Gasteiger partial charge in [-0.2, -0.15) is 0 Å². The summed E-state index contributed by atoms with van der Waals surface area (Å²) in [5.41, 5.74) is 0. The first-order valence-corrected chi connectivity index (χ1v) is 9.68. The predicted octanol–water partition coefficient (Wildman–Crippen LogP) is -0.0946. The van der Waals surface area contributed by atoms with E-state index in [0.29, 0.717) is 37.9 Å². The summed E-state index contributed by atoms with van der Waals surface area (Å²) in [6, 6.07) is 1.60. The average molecular weight is 360 g/mol. The lowest BCUT2D eigenvalue weighted by molar-refractivity contribution is -0.116. The Morgan fingerprint density at radius 1 is 1.38 bits per heavy atom. The van der Waals surface area contributed by atoms with E-state index in [0.717, 1.165) is 19.3 Å². The van der Waals surface area contributed by atoms with E-state index < -0.39 is 10.0 Å². The average Bonchev–Trinajstić information content (AvgIpc) is 2.92. The molecular weight excluding hydrogens is 336 g/mol. The van der Waals surface area contributed by atoms with Crippen molar-refractivity contribution in [1.82, 2.24) is 14.4 Å². The number of aromatic nitrogens is 1. The van der Waals surface area contributed by atoms with E-state index in [4.69, 9.17) is 9.26 Å². The monoisotopic (exact) mass is 360 g/mol. The maximum absolute atomic E-state index is 11.9. The predicted molar refractivity (Wildman–Crippen MR) is 88.2 cm³/mol. The first kappa shape index (κ1) is 18.8. The third-order valence-electron chi connectivity index (χ3n) is 3.72. The second-order valence-corrected chi connectivity index (χ2v) is 7.72. The van der Waals surface area contributed by atoms with Gasteiger partial charge in [-0.3, -0.25) is 9.69 Å². The number of amides is 1. The Bertz CT molecular complexity index is 639. The van der Waals surface area contributed by atoms with Gasteiger partial charge in [-0.1, -0.05) is 5.16 Å². The van der Waals surface area contributed by atoms with Crippen molar-refractivity contribution in [3.63, 3.8) is 0 Å². The van der Waals surface area contributed by atoms with Crippen LogP contribution in [0.2, 0.25) is 0 Å². The number of nitrogens with zero attached hydrogens (tertiary/aromatic N) is 3. The van der Waals surface area contributed by atoms with Gasteiger partial charge in [0, 0.05) is 45.2 Å². The minimum absolute atomic E-state index is 0.0576. The number of hydrogen-bond acceptors (Lipinski definition) is 7. The molecule has 0 atom stereocenters. The van der Waals surface area contributed by atoms with Crippen molar-refractivity contribution in [3.05, 3.63) is 11.8 Å². The summed E-state index contributed by atoms with van der Waals surface area (Å²) >= 11 is 0. The second-order valence-electron chi connectivity index (χ2n) is 5.74. The summed E-state index contributed by atoms with van der Waals surface area (Å²) in [6.45, 7) is 5.76. The number of anilines is 1. The van der Waals surface area contributed by atoms with Crippen LogP contribution in [0.4, 0.5) is 5.82 Å². The molecule has 1 amide bonds. The highest BCUT2D eigenvalue weighted by molar-refractivity contribution is 7.88. The van der Waals surface area contributed by atoms with E-state index in [1.807, 2.05) is 0 Å². The van der Waals surface area contributed by atoms with Gasteiger partial charge in [-0.25, -0.2) is 12.7 Å². The molecule has 136 valence electrons. The summed E-state index contributed by atoms with van der Waals surface area (Å²) in [5, 5.41) is 6.25. The molecule has 0 unspecified atom stereocenters. The molecule has 0 aromatic carbocycles. The molecule has 0 aliphatic carbocycles. The van der Waals surface area contributed by atoms with Crippen LogP contribution in [-0.4, -0.2) is 80.9 Å². The topological polar surface area (TPSA) is 105 Å². The molecule has 10 heteroatoms. The SMILES string of the molecule is Cc1cc(NC(=O)CCN(CCN2CCOCC2)S(C)(=O)=O)no1. The molecule has 9 nitrogen and oxygen atoms in total. The Kier molecular flexibility index (Phi) is 6.72. The molecule has 0 radical (unpaired) electrons. The summed E-state index contributed by atoms with van der Waals surface area (Å²) in [4.78, 5) is 14.1. The molecule has 0 bridgehead atoms. The van der Waals surface area contributed by atoms with E-state index >= 15 is 0 Å². The first-order chi connectivity index (χ1) is 11.3. The van der Waals surface area contributed by atoms with Crippen LogP contribution < -0.4 is 5.32 Å². The molecule has 1 aliphatic heterocycles. The molecular formula is C14H24N4O5S. The number of ether oxygens (including phenoxy) is 1. The lowest BCUT2D eigenvalue weighted by Gasteiger charge is -2.29. The van der Waals surface area contributed by atoms with Crippen molar-refractivity contribution in [2.24, 2.45) is 0 Å². The molecule has 1 aromatic heterocycles. The van der Waals surface area contributed by atoms with Crippen molar-refractivity contribution < 1.29 is 22.5 Å². The zero-order valence-electron chi connectivity index (χ0n) is 14.0. The smallest absolute Gasteiger partial charge is 0.226 e. The van der Waals surface area contributed by atoms with Crippen LogP contribution in [0.25, 0.3) is 0 Å². The zero-order valence-corrected chi connectivity index (χ0v) is 14.8. The normalized spacial score (nSPS) is 16.5. The highest BCUT2D eigenvalue weighted by Gasteiger charge is 2.20. The van der Waals surface area contributed by atoms with Crippen molar-refractivity contribution in [3.8, 4) is 0 Å². The molecule has 2 heterocycles. The number of carbonyl (C=O) groups is 1. The number of morpholine rings is 1. The van der Waals surface area contributed by atoms with Crippen molar-refractivity contribution in [2.75, 3.05) is 57.5 Å². The third kappa shape index (κ3) is 6.19. The van der Waals surface area contributed by atoms with Gasteiger partial charge in [0.15, 0.2) is 5.82 Å². The van der Waals surface area contributed by atoms with Crippen LogP contribution in [0.15, 0.2) is 10.6 Å². The molecule has 1 aromatic rings. The summed E-state index contributed by atoms with van der Waals surface area (Å²) in [7, 11) is -3.37. The highest BCUT2D eigenvalue weighted by Crippen LogP contribution is 2.08. The zero-order chi connectivity index (χ0) is 17.6. The molecule has 0 spiro atoms. The molecule has 1 saturated heterocycles. The van der Waals surface area contributed by atoms with Crippen LogP contribution in [0.3, 0.4) is 0 Å².